The fraction of sp³-hybridized carbons (Fsp3) is 0.312. The van der Waals surface area contributed by atoms with E-state index < -0.39 is 0 Å². The van der Waals surface area contributed by atoms with Crippen LogP contribution in [0.2, 0.25) is 0 Å². The average Bonchev–Trinajstić information content (AvgIpc) is 3.23. The first-order valence-corrected chi connectivity index (χ1v) is 7.46. The number of anilines is 1. The van der Waals surface area contributed by atoms with Crippen molar-refractivity contribution in [3.63, 3.8) is 0 Å². The lowest BCUT2D eigenvalue weighted by Crippen LogP contribution is -2.18. The molecule has 2 unspecified atom stereocenters. The van der Waals surface area contributed by atoms with Crippen molar-refractivity contribution < 1.29 is 4.74 Å². The Bertz CT molecular complexity index is 757. The van der Waals surface area contributed by atoms with Gasteiger partial charge in [-0.05, 0) is 12.0 Å². The fourth-order valence-electron chi connectivity index (χ4n) is 2.98. The minimum atomic E-state index is 0.146. The van der Waals surface area contributed by atoms with Crippen LogP contribution in [0.25, 0.3) is 11.2 Å². The summed E-state index contributed by atoms with van der Waals surface area (Å²) in [6.45, 7) is 1.61. The maximum atomic E-state index is 5.92. The van der Waals surface area contributed by atoms with E-state index in [4.69, 9.17) is 4.74 Å². The van der Waals surface area contributed by atoms with E-state index in [1.54, 1.807) is 6.33 Å². The van der Waals surface area contributed by atoms with Gasteiger partial charge in [-0.15, -0.1) is 0 Å². The van der Waals surface area contributed by atoms with Gasteiger partial charge in [0.15, 0.2) is 11.5 Å². The van der Waals surface area contributed by atoms with Crippen molar-refractivity contribution in [2.75, 3.05) is 18.5 Å². The van der Waals surface area contributed by atoms with Crippen LogP contribution in [0.3, 0.4) is 0 Å². The molecule has 6 heteroatoms. The van der Waals surface area contributed by atoms with E-state index in [9.17, 15) is 0 Å². The average molecular weight is 295 g/mol. The van der Waals surface area contributed by atoms with E-state index in [0.29, 0.717) is 11.6 Å². The van der Waals surface area contributed by atoms with Crippen LogP contribution in [0, 0.1) is 5.92 Å². The number of imidazole rings is 1. The van der Waals surface area contributed by atoms with E-state index in [0.717, 1.165) is 30.9 Å². The summed E-state index contributed by atoms with van der Waals surface area (Å²) in [5, 5.41) is 3.41. The SMILES string of the molecule is c1ccc(C2OCCC2CNc2ncnc3nc[nH]c23)cc1. The Morgan fingerprint density at radius 2 is 2.09 bits per heavy atom. The second-order valence-corrected chi connectivity index (χ2v) is 5.46. The van der Waals surface area contributed by atoms with Crippen LogP contribution in [-0.2, 0) is 4.74 Å². The number of aromatic nitrogens is 4. The molecule has 1 aliphatic heterocycles. The van der Waals surface area contributed by atoms with Crippen molar-refractivity contribution in [3.05, 3.63) is 48.5 Å². The third-order valence-corrected chi connectivity index (χ3v) is 4.10. The Morgan fingerprint density at radius 1 is 1.18 bits per heavy atom. The number of hydrogen-bond acceptors (Lipinski definition) is 5. The molecule has 1 aliphatic rings. The molecule has 0 aliphatic carbocycles. The van der Waals surface area contributed by atoms with Gasteiger partial charge in [0.05, 0.1) is 12.4 Å². The van der Waals surface area contributed by atoms with Crippen molar-refractivity contribution in [1.29, 1.82) is 0 Å². The highest BCUT2D eigenvalue weighted by Gasteiger charge is 2.29. The van der Waals surface area contributed by atoms with E-state index in [-0.39, 0.29) is 6.10 Å². The molecule has 1 aromatic carbocycles. The summed E-state index contributed by atoms with van der Waals surface area (Å²) in [7, 11) is 0. The molecule has 4 rings (SSSR count). The summed E-state index contributed by atoms with van der Waals surface area (Å²) in [5.41, 5.74) is 2.76. The van der Waals surface area contributed by atoms with E-state index in [2.05, 4.69) is 49.5 Å². The quantitative estimate of drug-likeness (QED) is 0.773. The number of H-pyrrole nitrogens is 1. The molecule has 2 aromatic heterocycles. The van der Waals surface area contributed by atoms with Crippen LogP contribution in [0.1, 0.15) is 18.1 Å². The van der Waals surface area contributed by atoms with Gasteiger partial charge in [0.25, 0.3) is 0 Å². The highest BCUT2D eigenvalue weighted by molar-refractivity contribution is 5.81. The molecule has 6 nitrogen and oxygen atoms in total. The topological polar surface area (TPSA) is 75.7 Å². The summed E-state index contributed by atoms with van der Waals surface area (Å²) >= 11 is 0. The largest absolute Gasteiger partial charge is 0.373 e. The minimum absolute atomic E-state index is 0.146. The summed E-state index contributed by atoms with van der Waals surface area (Å²) in [6.07, 6.45) is 4.36. The second kappa shape index (κ2) is 5.73. The van der Waals surface area contributed by atoms with Gasteiger partial charge in [-0.25, -0.2) is 15.0 Å². The molecule has 0 bridgehead atoms. The third kappa shape index (κ3) is 2.42. The van der Waals surface area contributed by atoms with Crippen LogP contribution in [0.5, 0.6) is 0 Å². The maximum absolute atomic E-state index is 5.92. The van der Waals surface area contributed by atoms with E-state index in [1.807, 2.05) is 6.07 Å². The number of benzene rings is 1. The minimum Gasteiger partial charge on any atom is -0.373 e. The van der Waals surface area contributed by atoms with Crippen molar-refractivity contribution in [2.45, 2.75) is 12.5 Å². The summed E-state index contributed by atoms with van der Waals surface area (Å²) in [4.78, 5) is 15.7. The molecule has 2 N–H and O–H groups in total. The van der Waals surface area contributed by atoms with Gasteiger partial charge >= 0.3 is 0 Å². The zero-order chi connectivity index (χ0) is 14.8. The molecule has 3 heterocycles. The second-order valence-electron chi connectivity index (χ2n) is 5.46. The van der Waals surface area contributed by atoms with Gasteiger partial charge in [0, 0.05) is 19.1 Å². The number of rotatable bonds is 4. The number of fused-ring (bicyclic) bond motifs is 1. The van der Waals surface area contributed by atoms with E-state index >= 15 is 0 Å². The van der Waals surface area contributed by atoms with Gasteiger partial charge in [-0.2, -0.15) is 0 Å². The lowest BCUT2D eigenvalue weighted by atomic mass is 9.95. The molecule has 0 radical (unpaired) electrons. The molecule has 1 saturated heterocycles. The van der Waals surface area contributed by atoms with Crippen molar-refractivity contribution >= 4 is 17.0 Å². The van der Waals surface area contributed by atoms with Gasteiger partial charge in [0.1, 0.15) is 11.8 Å². The molecule has 0 amide bonds. The van der Waals surface area contributed by atoms with Gasteiger partial charge in [-0.1, -0.05) is 30.3 Å². The van der Waals surface area contributed by atoms with Crippen LogP contribution in [-0.4, -0.2) is 33.1 Å². The van der Waals surface area contributed by atoms with E-state index in [1.165, 1.54) is 11.9 Å². The lowest BCUT2D eigenvalue weighted by Gasteiger charge is -2.19. The maximum Gasteiger partial charge on any atom is 0.182 e. The number of ether oxygens (including phenoxy) is 1. The lowest BCUT2D eigenvalue weighted by molar-refractivity contribution is 0.0933. The van der Waals surface area contributed by atoms with Crippen LogP contribution in [0.4, 0.5) is 5.82 Å². The molecule has 1 fully saturated rings. The highest BCUT2D eigenvalue weighted by atomic mass is 16.5. The predicted octanol–water partition coefficient (Wildman–Crippen LogP) is 2.54. The van der Waals surface area contributed by atoms with Crippen molar-refractivity contribution in [3.8, 4) is 0 Å². The molecular formula is C16H17N5O. The highest BCUT2D eigenvalue weighted by Crippen LogP contribution is 2.34. The molecule has 0 spiro atoms. The van der Waals surface area contributed by atoms with Gasteiger partial charge in [-0.3, -0.25) is 0 Å². The zero-order valence-corrected chi connectivity index (χ0v) is 12.1. The Morgan fingerprint density at radius 3 is 3.00 bits per heavy atom. The monoisotopic (exact) mass is 295 g/mol. The fourth-order valence-corrected chi connectivity index (χ4v) is 2.98. The van der Waals surface area contributed by atoms with Crippen LogP contribution >= 0.6 is 0 Å². The summed E-state index contributed by atoms with van der Waals surface area (Å²) in [5.74, 6) is 1.22. The molecule has 2 atom stereocenters. The Labute approximate surface area is 128 Å². The molecule has 3 aromatic rings. The van der Waals surface area contributed by atoms with Gasteiger partial charge in [0.2, 0.25) is 0 Å². The number of nitrogens with zero attached hydrogens (tertiary/aromatic N) is 3. The number of nitrogens with one attached hydrogen (secondary N) is 2. The Balaban J connectivity index is 1.50. The Kier molecular flexibility index (Phi) is 3.44. The van der Waals surface area contributed by atoms with Crippen molar-refractivity contribution in [1.82, 2.24) is 19.9 Å². The third-order valence-electron chi connectivity index (χ3n) is 4.10. The standard InChI is InChI=1S/C16H17N5O/c1-2-4-11(5-3-1)14-12(6-7-22-14)8-17-15-13-16(19-9-18-13)21-10-20-15/h1-5,9-10,12,14H,6-8H2,(H2,17,18,19,20,21). The first-order valence-electron chi connectivity index (χ1n) is 7.46. The summed E-state index contributed by atoms with van der Waals surface area (Å²) < 4.78 is 5.92. The zero-order valence-electron chi connectivity index (χ0n) is 12.1. The first kappa shape index (κ1) is 13.2. The van der Waals surface area contributed by atoms with Crippen molar-refractivity contribution in [2.24, 2.45) is 5.92 Å². The molecule has 22 heavy (non-hydrogen) atoms. The smallest absolute Gasteiger partial charge is 0.182 e. The molecular weight excluding hydrogens is 278 g/mol. The normalized spacial score (nSPS) is 21.3. The molecule has 0 saturated carbocycles. The van der Waals surface area contributed by atoms with Crippen LogP contribution in [0.15, 0.2) is 43.0 Å². The Hall–Kier alpha value is -2.47. The molecule has 112 valence electrons. The predicted molar refractivity (Wildman–Crippen MR) is 83.4 cm³/mol. The number of hydrogen-bond donors (Lipinski definition) is 2. The first-order chi connectivity index (χ1) is 10.9. The summed E-state index contributed by atoms with van der Waals surface area (Å²) in [6, 6.07) is 10.4. The van der Waals surface area contributed by atoms with Gasteiger partial charge < -0.3 is 15.0 Å². The number of aromatic amines is 1. The van der Waals surface area contributed by atoms with Crippen LogP contribution < -0.4 is 5.32 Å².